The van der Waals surface area contributed by atoms with Crippen LogP contribution in [0.25, 0.3) is 0 Å². The quantitative estimate of drug-likeness (QED) is 0.924. The highest BCUT2D eigenvalue weighted by molar-refractivity contribution is 6.30. The molecule has 0 spiro atoms. The Morgan fingerprint density at radius 3 is 2.73 bits per heavy atom. The van der Waals surface area contributed by atoms with Crippen LogP contribution in [0, 0.1) is 0 Å². The van der Waals surface area contributed by atoms with Gasteiger partial charge in [-0.3, -0.25) is 4.79 Å². The predicted octanol–water partition coefficient (Wildman–Crippen LogP) is 2.07. The molecule has 1 aromatic rings. The summed E-state index contributed by atoms with van der Waals surface area (Å²) in [7, 11) is 0. The van der Waals surface area contributed by atoms with Crippen LogP contribution in [0.1, 0.15) is 24.8 Å². The second-order valence-corrected chi connectivity index (χ2v) is 6.33. The van der Waals surface area contributed by atoms with Crippen molar-refractivity contribution in [2.24, 2.45) is 0 Å². The van der Waals surface area contributed by atoms with Gasteiger partial charge in [0.1, 0.15) is 0 Å². The first kappa shape index (κ1) is 15.3. The van der Waals surface area contributed by atoms with Gasteiger partial charge in [-0.2, -0.15) is 0 Å². The third-order valence-electron chi connectivity index (χ3n) is 4.62. The molecule has 5 nitrogen and oxygen atoms in total. The summed E-state index contributed by atoms with van der Waals surface area (Å²) in [5.41, 5.74) is 0.375. The van der Waals surface area contributed by atoms with E-state index in [2.05, 4.69) is 0 Å². The summed E-state index contributed by atoms with van der Waals surface area (Å²) < 4.78 is 5.19. The molecule has 1 heterocycles. The normalized spacial score (nSPS) is 23.7. The Hall–Kier alpha value is -1.59. The summed E-state index contributed by atoms with van der Waals surface area (Å²) in [6.07, 6.45) is 1.61. The van der Waals surface area contributed by atoms with E-state index in [1.54, 1.807) is 11.0 Å². The molecule has 1 amide bonds. The number of rotatable bonds is 3. The molecule has 0 unspecified atom stereocenters. The van der Waals surface area contributed by atoms with Gasteiger partial charge in [-0.05, 0) is 30.5 Å². The first-order valence-corrected chi connectivity index (χ1v) is 7.80. The molecule has 6 heteroatoms. The van der Waals surface area contributed by atoms with Crippen molar-refractivity contribution in [3.05, 3.63) is 34.9 Å². The van der Waals surface area contributed by atoms with Gasteiger partial charge in [0.05, 0.1) is 18.6 Å². The van der Waals surface area contributed by atoms with Gasteiger partial charge < -0.3 is 14.7 Å². The van der Waals surface area contributed by atoms with Gasteiger partial charge in [0.15, 0.2) is 6.10 Å². The molecule has 1 aliphatic heterocycles. The smallest absolute Gasteiger partial charge is 0.334 e. The molecule has 1 saturated carbocycles. The van der Waals surface area contributed by atoms with Crippen molar-refractivity contribution in [1.29, 1.82) is 0 Å². The largest absolute Gasteiger partial charge is 0.479 e. The molecule has 0 aromatic heterocycles. The molecular formula is C16H18ClNO4. The predicted molar refractivity (Wildman–Crippen MR) is 80.9 cm³/mol. The van der Waals surface area contributed by atoms with Gasteiger partial charge in [0.25, 0.3) is 0 Å². The molecule has 22 heavy (non-hydrogen) atoms. The van der Waals surface area contributed by atoms with Crippen LogP contribution in [-0.2, 0) is 19.7 Å². The highest BCUT2D eigenvalue weighted by Gasteiger charge is 2.48. The molecule has 3 rings (SSSR count). The Kier molecular flexibility index (Phi) is 4.10. The van der Waals surface area contributed by atoms with Crippen LogP contribution < -0.4 is 0 Å². The lowest BCUT2D eigenvalue weighted by atomic mass is 9.63. The summed E-state index contributed by atoms with van der Waals surface area (Å²) in [6.45, 7) is 0.801. The van der Waals surface area contributed by atoms with E-state index in [1.807, 2.05) is 18.2 Å². The average molecular weight is 324 g/mol. The maximum atomic E-state index is 13.0. The van der Waals surface area contributed by atoms with Crippen LogP contribution in [0.5, 0.6) is 0 Å². The van der Waals surface area contributed by atoms with E-state index < -0.39 is 17.5 Å². The van der Waals surface area contributed by atoms with E-state index in [1.165, 1.54) is 0 Å². The second kappa shape index (κ2) is 5.89. The van der Waals surface area contributed by atoms with E-state index in [4.69, 9.17) is 21.4 Å². The third kappa shape index (κ3) is 2.59. The second-order valence-electron chi connectivity index (χ2n) is 5.89. The number of ether oxygens (including phenoxy) is 1. The zero-order valence-corrected chi connectivity index (χ0v) is 12.9. The van der Waals surface area contributed by atoms with Crippen molar-refractivity contribution in [3.8, 4) is 0 Å². The van der Waals surface area contributed by atoms with Crippen molar-refractivity contribution in [2.45, 2.75) is 30.8 Å². The summed E-state index contributed by atoms with van der Waals surface area (Å²) in [5.74, 6) is -1.03. The minimum atomic E-state index is -1.03. The number of carbonyl (C=O) groups excluding carboxylic acids is 1. The van der Waals surface area contributed by atoms with Gasteiger partial charge in [-0.1, -0.05) is 30.2 Å². The van der Waals surface area contributed by atoms with E-state index in [0.29, 0.717) is 11.6 Å². The number of hydrogen-bond donors (Lipinski definition) is 1. The Labute approximate surface area is 133 Å². The standard InChI is InChI=1S/C16H18ClNO4/c17-12-4-1-3-11(9-12)16(5-2-6-16)15(21)18-7-8-22-13(10-18)14(19)20/h1,3-4,9,13H,2,5-8,10H2,(H,19,20)/t13-/m1/s1. The fourth-order valence-electron chi connectivity index (χ4n) is 3.23. The highest BCUT2D eigenvalue weighted by atomic mass is 35.5. The number of amides is 1. The number of carboxylic acids is 1. The van der Waals surface area contributed by atoms with Crippen LogP contribution >= 0.6 is 11.6 Å². The van der Waals surface area contributed by atoms with E-state index in [-0.39, 0.29) is 19.1 Å². The molecule has 1 aromatic carbocycles. The molecule has 118 valence electrons. The molecule has 1 N–H and O–H groups in total. The van der Waals surface area contributed by atoms with Crippen molar-refractivity contribution < 1.29 is 19.4 Å². The Morgan fingerprint density at radius 2 is 2.14 bits per heavy atom. The molecular weight excluding hydrogens is 306 g/mol. The van der Waals surface area contributed by atoms with Gasteiger partial charge in [0, 0.05) is 11.6 Å². The first-order valence-electron chi connectivity index (χ1n) is 7.43. The lowest BCUT2D eigenvalue weighted by Gasteiger charge is -2.45. The number of aliphatic carboxylic acids is 1. The lowest BCUT2D eigenvalue weighted by Crippen LogP contribution is -2.56. The minimum absolute atomic E-state index is 0.00410. The fraction of sp³-hybridized carbons (Fsp3) is 0.500. The summed E-state index contributed by atoms with van der Waals surface area (Å²) in [4.78, 5) is 25.7. The molecule has 1 aliphatic carbocycles. The van der Waals surface area contributed by atoms with E-state index >= 15 is 0 Å². The van der Waals surface area contributed by atoms with Crippen LogP contribution in [-0.4, -0.2) is 47.7 Å². The molecule has 2 fully saturated rings. The van der Waals surface area contributed by atoms with Crippen LogP contribution in [0.15, 0.2) is 24.3 Å². The Bertz CT molecular complexity index is 600. The average Bonchev–Trinajstić information content (AvgIpc) is 2.46. The number of morpholine rings is 1. The maximum Gasteiger partial charge on any atom is 0.334 e. The fourth-order valence-corrected chi connectivity index (χ4v) is 3.42. The summed E-state index contributed by atoms with van der Waals surface area (Å²) in [5, 5.41) is 9.70. The van der Waals surface area contributed by atoms with Gasteiger partial charge >= 0.3 is 5.97 Å². The van der Waals surface area contributed by atoms with Gasteiger partial charge in [0.2, 0.25) is 5.91 Å². The molecule has 2 aliphatic rings. The zero-order chi connectivity index (χ0) is 15.7. The van der Waals surface area contributed by atoms with Crippen LogP contribution in [0.2, 0.25) is 5.02 Å². The molecule has 0 bridgehead atoms. The van der Waals surface area contributed by atoms with Crippen LogP contribution in [0.3, 0.4) is 0 Å². The third-order valence-corrected chi connectivity index (χ3v) is 4.86. The first-order chi connectivity index (χ1) is 10.5. The Morgan fingerprint density at radius 1 is 1.36 bits per heavy atom. The SMILES string of the molecule is O=C(O)[C@H]1CN(C(=O)C2(c3cccc(Cl)c3)CCC2)CCO1. The van der Waals surface area contributed by atoms with Crippen molar-refractivity contribution in [1.82, 2.24) is 4.90 Å². The number of hydrogen-bond acceptors (Lipinski definition) is 3. The zero-order valence-electron chi connectivity index (χ0n) is 12.1. The topological polar surface area (TPSA) is 66.8 Å². The lowest BCUT2D eigenvalue weighted by molar-refractivity contribution is -0.162. The van der Waals surface area contributed by atoms with Crippen molar-refractivity contribution >= 4 is 23.5 Å². The molecule has 1 atom stereocenters. The number of carbonyl (C=O) groups is 2. The molecule has 0 radical (unpaired) electrons. The number of benzene rings is 1. The monoisotopic (exact) mass is 323 g/mol. The minimum Gasteiger partial charge on any atom is -0.479 e. The van der Waals surface area contributed by atoms with E-state index in [9.17, 15) is 9.59 Å². The maximum absolute atomic E-state index is 13.0. The van der Waals surface area contributed by atoms with Crippen molar-refractivity contribution in [2.75, 3.05) is 19.7 Å². The molecule has 1 saturated heterocycles. The highest BCUT2D eigenvalue weighted by Crippen LogP contribution is 2.45. The van der Waals surface area contributed by atoms with Crippen molar-refractivity contribution in [3.63, 3.8) is 0 Å². The summed E-state index contributed by atoms with van der Waals surface area (Å²) >= 11 is 6.06. The number of carboxylic acid groups (broad SMARTS) is 1. The van der Waals surface area contributed by atoms with Crippen LogP contribution in [0.4, 0.5) is 0 Å². The summed E-state index contributed by atoms with van der Waals surface area (Å²) in [6, 6.07) is 7.41. The van der Waals surface area contributed by atoms with Gasteiger partial charge in [-0.15, -0.1) is 0 Å². The van der Waals surface area contributed by atoms with Gasteiger partial charge in [-0.25, -0.2) is 4.79 Å². The number of halogens is 1. The number of nitrogens with zero attached hydrogens (tertiary/aromatic N) is 1. The van der Waals surface area contributed by atoms with E-state index in [0.717, 1.165) is 24.8 Å². The Balaban J connectivity index is 1.84.